The van der Waals surface area contributed by atoms with E-state index in [9.17, 15) is 9.59 Å². The lowest BCUT2D eigenvalue weighted by Crippen LogP contribution is -2.34. The minimum atomic E-state index is -0.221. The van der Waals surface area contributed by atoms with Crippen LogP contribution in [0, 0.1) is 5.41 Å². The maximum atomic E-state index is 12.9. The number of amides is 1. The molecule has 7 nitrogen and oxygen atoms in total. The lowest BCUT2D eigenvalue weighted by atomic mass is 9.90. The van der Waals surface area contributed by atoms with E-state index in [1.165, 1.54) is 6.20 Å². The van der Waals surface area contributed by atoms with Crippen LogP contribution in [0.2, 0.25) is 0 Å². The van der Waals surface area contributed by atoms with E-state index in [1.807, 2.05) is 12.1 Å². The van der Waals surface area contributed by atoms with E-state index in [2.05, 4.69) is 17.0 Å². The highest BCUT2D eigenvalue weighted by Crippen LogP contribution is 2.30. The van der Waals surface area contributed by atoms with Gasteiger partial charge in [-0.2, -0.15) is 5.10 Å². The monoisotopic (exact) mass is 361 g/mol. The van der Waals surface area contributed by atoms with Crippen LogP contribution in [0.15, 0.2) is 35.3 Å². The van der Waals surface area contributed by atoms with Crippen LogP contribution in [0.3, 0.4) is 0 Å². The number of aromatic nitrogens is 3. The van der Waals surface area contributed by atoms with E-state index in [0.29, 0.717) is 41.7 Å². The van der Waals surface area contributed by atoms with Gasteiger partial charge in [-0.3, -0.25) is 9.59 Å². The van der Waals surface area contributed by atoms with Crippen LogP contribution in [0.25, 0.3) is 16.6 Å². The Bertz CT molecular complexity index is 1010. The number of hydrogen-bond acceptors (Lipinski definition) is 4. The van der Waals surface area contributed by atoms with Crippen molar-refractivity contribution in [1.29, 1.82) is 0 Å². The van der Waals surface area contributed by atoms with Crippen molar-refractivity contribution in [3.8, 4) is 0 Å². The Hall–Kier alpha value is -2.38. The van der Waals surface area contributed by atoms with E-state index in [-0.39, 0.29) is 29.3 Å². The van der Waals surface area contributed by atoms with Crippen molar-refractivity contribution in [2.75, 3.05) is 19.6 Å². The molecule has 25 heavy (non-hydrogen) atoms. The van der Waals surface area contributed by atoms with Gasteiger partial charge in [0, 0.05) is 13.1 Å². The van der Waals surface area contributed by atoms with E-state index < -0.39 is 0 Å². The molecule has 1 amide bonds. The van der Waals surface area contributed by atoms with Gasteiger partial charge in [-0.1, -0.05) is 19.1 Å². The number of halogens is 1. The third-order valence-corrected chi connectivity index (χ3v) is 4.95. The van der Waals surface area contributed by atoms with Crippen molar-refractivity contribution in [1.82, 2.24) is 19.5 Å². The largest absolute Gasteiger partial charge is 0.338 e. The molecule has 0 bridgehead atoms. The molecular weight excluding hydrogens is 342 g/mol. The summed E-state index contributed by atoms with van der Waals surface area (Å²) in [6, 6.07) is 7.21. The summed E-state index contributed by atoms with van der Waals surface area (Å²) in [4.78, 5) is 29.8. The normalized spacial score (nSPS) is 20.2. The van der Waals surface area contributed by atoms with Gasteiger partial charge in [0.25, 0.3) is 11.5 Å². The van der Waals surface area contributed by atoms with Gasteiger partial charge in [0.2, 0.25) is 0 Å². The van der Waals surface area contributed by atoms with Crippen LogP contribution < -0.4 is 11.3 Å². The van der Waals surface area contributed by atoms with Crippen LogP contribution in [0.5, 0.6) is 0 Å². The maximum absolute atomic E-state index is 12.9. The molecule has 0 saturated carbocycles. The molecule has 3 N–H and O–H groups in total. The molecule has 1 aromatic carbocycles. The molecule has 0 radical (unpaired) electrons. The third-order valence-electron chi connectivity index (χ3n) is 4.95. The number of fused-ring (bicyclic) bond motifs is 3. The molecule has 3 aromatic rings. The Morgan fingerprint density at radius 3 is 2.88 bits per heavy atom. The Morgan fingerprint density at radius 1 is 1.40 bits per heavy atom. The minimum Gasteiger partial charge on any atom is -0.338 e. The number of likely N-dealkylation sites (tertiary alicyclic amines) is 1. The Kier molecular flexibility index (Phi) is 4.30. The van der Waals surface area contributed by atoms with Crippen LogP contribution in [-0.4, -0.2) is 45.0 Å². The molecule has 4 rings (SSSR count). The number of carbonyl (C=O) groups excluding carboxylic acids is 1. The number of hydrogen-bond donors (Lipinski definition) is 2. The van der Waals surface area contributed by atoms with Crippen molar-refractivity contribution >= 4 is 34.9 Å². The summed E-state index contributed by atoms with van der Waals surface area (Å²) >= 11 is 0. The fourth-order valence-electron chi connectivity index (χ4n) is 3.37. The lowest BCUT2D eigenvalue weighted by molar-refractivity contribution is 0.0778. The number of H-pyrrole nitrogens is 1. The molecule has 1 atom stereocenters. The van der Waals surface area contributed by atoms with Gasteiger partial charge >= 0.3 is 0 Å². The van der Waals surface area contributed by atoms with E-state index >= 15 is 0 Å². The molecule has 0 aliphatic carbocycles. The highest BCUT2D eigenvalue weighted by Gasteiger charge is 2.36. The zero-order valence-electron chi connectivity index (χ0n) is 13.9. The highest BCUT2D eigenvalue weighted by atomic mass is 35.5. The number of nitrogens with two attached hydrogens (primary N) is 1. The second-order valence-electron chi connectivity index (χ2n) is 6.78. The van der Waals surface area contributed by atoms with Gasteiger partial charge in [0.05, 0.1) is 17.1 Å². The average Bonchev–Trinajstić information content (AvgIpc) is 3.19. The number of carbonyl (C=O) groups is 1. The van der Waals surface area contributed by atoms with Gasteiger partial charge < -0.3 is 15.6 Å². The van der Waals surface area contributed by atoms with Gasteiger partial charge in [-0.05, 0) is 30.5 Å². The zero-order chi connectivity index (χ0) is 16.9. The van der Waals surface area contributed by atoms with E-state index in [0.717, 1.165) is 6.42 Å². The first-order chi connectivity index (χ1) is 11.5. The molecule has 2 aromatic heterocycles. The number of aromatic amines is 1. The van der Waals surface area contributed by atoms with E-state index in [4.69, 9.17) is 5.73 Å². The fourth-order valence-corrected chi connectivity index (χ4v) is 3.37. The molecule has 1 aliphatic rings. The predicted octanol–water partition coefficient (Wildman–Crippen LogP) is 1.41. The first kappa shape index (κ1) is 17.4. The van der Waals surface area contributed by atoms with Gasteiger partial charge in [0.15, 0.2) is 0 Å². The molecular formula is C17H20ClN5O2. The van der Waals surface area contributed by atoms with Gasteiger partial charge in [0.1, 0.15) is 11.2 Å². The standard InChI is InChI=1S/C17H19N5O2.ClH/c1-17(9-18)6-7-21(10-17)16(24)12-8-19-22-13-5-3-2-4-11(13)15(23)20-14(12)22;/h2-5,8H,6-7,9-10,18H2,1H3,(H,20,23);1H. The fraction of sp³-hybridized carbons (Fsp3) is 0.353. The van der Waals surface area contributed by atoms with E-state index in [1.54, 1.807) is 21.5 Å². The SMILES string of the molecule is CC1(CN)CCN(C(=O)c2cnn3c2[nH]c(=O)c2ccccc23)C1.Cl. The molecule has 1 saturated heterocycles. The molecule has 8 heteroatoms. The smallest absolute Gasteiger partial charge is 0.259 e. The summed E-state index contributed by atoms with van der Waals surface area (Å²) in [6.45, 7) is 3.93. The summed E-state index contributed by atoms with van der Waals surface area (Å²) in [5.74, 6) is -0.117. The van der Waals surface area contributed by atoms with Gasteiger partial charge in [-0.25, -0.2) is 4.52 Å². The van der Waals surface area contributed by atoms with Crippen molar-refractivity contribution in [2.45, 2.75) is 13.3 Å². The van der Waals surface area contributed by atoms with Crippen LogP contribution in [0.4, 0.5) is 0 Å². The van der Waals surface area contributed by atoms with Crippen LogP contribution in [-0.2, 0) is 0 Å². The number of rotatable bonds is 2. The number of nitrogens with one attached hydrogen (secondary N) is 1. The molecule has 1 fully saturated rings. The molecule has 1 unspecified atom stereocenters. The Morgan fingerprint density at radius 2 is 2.16 bits per heavy atom. The van der Waals surface area contributed by atoms with Crippen molar-refractivity contribution in [2.24, 2.45) is 11.1 Å². The Balaban J connectivity index is 0.00000182. The highest BCUT2D eigenvalue weighted by molar-refractivity contribution is 6.00. The first-order valence-corrected chi connectivity index (χ1v) is 8.00. The third kappa shape index (κ3) is 2.69. The van der Waals surface area contributed by atoms with Gasteiger partial charge in [-0.15, -0.1) is 12.4 Å². The topological polar surface area (TPSA) is 96.5 Å². The van der Waals surface area contributed by atoms with Crippen molar-refractivity contribution in [3.05, 3.63) is 46.4 Å². The molecule has 3 heterocycles. The summed E-state index contributed by atoms with van der Waals surface area (Å²) < 4.78 is 1.61. The quantitative estimate of drug-likeness (QED) is 0.721. The molecule has 132 valence electrons. The second-order valence-corrected chi connectivity index (χ2v) is 6.78. The van der Waals surface area contributed by atoms with Crippen LogP contribution >= 0.6 is 12.4 Å². The Labute approximate surface area is 150 Å². The van der Waals surface area contributed by atoms with Crippen LogP contribution in [0.1, 0.15) is 23.7 Å². The average molecular weight is 362 g/mol. The summed E-state index contributed by atoms with van der Waals surface area (Å²) in [7, 11) is 0. The summed E-state index contributed by atoms with van der Waals surface area (Å²) in [5.41, 5.74) is 7.09. The number of nitrogens with zero attached hydrogens (tertiary/aromatic N) is 3. The number of benzene rings is 1. The zero-order valence-corrected chi connectivity index (χ0v) is 14.7. The van der Waals surface area contributed by atoms with Crippen molar-refractivity contribution < 1.29 is 4.79 Å². The summed E-state index contributed by atoms with van der Waals surface area (Å²) in [5, 5.41) is 4.86. The summed E-state index contributed by atoms with van der Waals surface area (Å²) in [6.07, 6.45) is 2.41. The molecule has 0 spiro atoms. The lowest BCUT2D eigenvalue weighted by Gasteiger charge is -2.22. The molecule has 1 aliphatic heterocycles. The number of para-hydroxylation sites is 1. The second kappa shape index (κ2) is 6.16. The minimum absolute atomic E-state index is 0. The first-order valence-electron chi connectivity index (χ1n) is 8.00. The van der Waals surface area contributed by atoms with Crippen molar-refractivity contribution in [3.63, 3.8) is 0 Å². The predicted molar refractivity (Wildman–Crippen MR) is 98.2 cm³/mol. The maximum Gasteiger partial charge on any atom is 0.259 e.